The lowest BCUT2D eigenvalue weighted by Gasteiger charge is -2.19. The second-order valence-electron chi connectivity index (χ2n) is 4.07. The van der Waals surface area contributed by atoms with Crippen LogP contribution >= 0.6 is 11.3 Å². The van der Waals surface area contributed by atoms with E-state index in [9.17, 15) is 0 Å². The summed E-state index contributed by atoms with van der Waals surface area (Å²) in [5.74, 6) is 0.760. The molecule has 1 nitrogen and oxygen atoms in total. The summed E-state index contributed by atoms with van der Waals surface area (Å²) in [6.45, 7) is 10.0. The minimum Gasteiger partial charge on any atom is -0.309 e. The van der Waals surface area contributed by atoms with Crippen LogP contribution in [0.3, 0.4) is 0 Å². The lowest BCUT2D eigenvalue weighted by atomic mass is 10.0. The van der Waals surface area contributed by atoms with Crippen LogP contribution in [-0.2, 0) is 6.54 Å². The van der Waals surface area contributed by atoms with Crippen molar-refractivity contribution in [3.05, 3.63) is 21.9 Å². The fraction of sp³-hybridized carbons (Fsp3) is 0.667. The summed E-state index contributed by atoms with van der Waals surface area (Å²) in [6.07, 6.45) is 1.25. The van der Waals surface area contributed by atoms with Crippen molar-refractivity contribution in [1.29, 1.82) is 0 Å². The quantitative estimate of drug-likeness (QED) is 0.785. The summed E-state index contributed by atoms with van der Waals surface area (Å²) in [7, 11) is 0. The Hall–Kier alpha value is -0.340. The highest BCUT2D eigenvalue weighted by atomic mass is 32.1. The van der Waals surface area contributed by atoms with E-state index >= 15 is 0 Å². The zero-order valence-corrected chi connectivity index (χ0v) is 10.4. The zero-order valence-electron chi connectivity index (χ0n) is 9.63. The van der Waals surface area contributed by atoms with Crippen LogP contribution in [0.1, 0.15) is 36.9 Å². The second kappa shape index (κ2) is 5.52. The van der Waals surface area contributed by atoms with Gasteiger partial charge in [0.05, 0.1) is 0 Å². The minimum absolute atomic E-state index is 0.613. The van der Waals surface area contributed by atoms with Crippen molar-refractivity contribution in [2.24, 2.45) is 5.92 Å². The third kappa shape index (κ3) is 3.43. The molecule has 1 N–H and O–H groups in total. The monoisotopic (exact) mass is 211 g/mol. The second-order valence-corrected chi connectivity index (χ2v) is 5.44. The maximum atomic E-state index is 3.57. The van der Waals surface area contributed by atoms with E-state index in [1.165, 1.54) is 16.2 Å². The third-order valence-corrected chi connectivity index (χ3v) is 3.89. The van der Waals surface area contributed by atoms with E-state index in [4.69, 9.17) is 0 Å². The molecule has 0 bridgehead atoms. The van der Waals surface area contributed by atoms with Crippen LogP contribution in [0.2, 0.25) is 0 Å². The molecular weight excluding hydrogens is 190 g/mol. The van der Waals surface area contributed by atoms with Crippen LogP contribution in [-0.4, -0.2) is 6.04 Å². The Bertz CT molecular complexity index is 267. The van der Waals surface area contributed by atoms with Gasteiger partial charge in [0.15, 0.2) is 0 Å². The Balaban J connectivity index is 2.33. The fourth-order valence-electron chi connectivity index (χ4n) is 1.40. The number of nitrogens with one attached hydrogen (secondary N) is 1. The molecule has 1 aromatic rings. The van der Waals surface area contributed by atoms with Gasteiger partial charge in [-0.1, -0.05) is 20.3 Å². The van der Waals surface area contributed by atoms with Crippen LogP contribution in [0.15, 0.2) is 12.1 Å². The first-order chi connectivity index (χ1) is 6.63. The molecule has 2 heteroatoms. The molecule has 0 aliphatic rings. The highest BCUT2D eigenvalue weighted by Gasteiger charge is 2.09. The molecule has 2 unspecified atom stereocenters. The van der Waals surface area contributed by atoms with Gasteiger partial charge >= 0.3 is 0 Å². The zero-order chi connectivity index (χ0) is 10.6. The Morgan fingerprint density at radius 3 is 2.57 bits per heavy atom. The normalized spacial score (nSPS) is 15.4. The first-order valence-corrected chi connectivity index (χ1v) is 6.23. The Labute approximate surface area is 91.5 Å². The Morgan fingerprint density at radius 1 is 1.36 bits per heavy atom. The van der Waals surface area contributed by atoms with Crippen molar-refractivity contribution < 1.29 is 0 Å². The molecule has 0 spiro atoms. The number of aryl methyl sites for hydroxylation is 1. The van der Waals surface area contributed by atoms with Gasteiger partial charge in [0.1, 0.15) is 0 Å². The van der Waals surface area contributed by atoms with Crippen molar-refractivity contribution in [2.45, 2.75) is 46.7 Å². The Morgan fingerprint density at radius 2 is 2.07 bits per heavy atom. The molecule has 0 aromatic carbocycles. The molecule has 14 heavy (non-hydrogen) atoms. The van der Waals surface area contributed by atoms with Crippen molar-refractivity contribution in [1.82, 2.24) is 5.32 Å². The standard InChI is InChI=1S/C12H21NS/c1-5-9(2)11(4)13-8-12-7-6-10(3)14-12/h6-7,9,11,13H,5,8H2,1-4H3. The van der Waals surface area contributed by atoms with Crippen LogP contribution in [0.4, 0.5) is 0 Å². The van der Waals surface area contributed by atoms with Gasteiger partial charge in [0.25, 0.3) is 0 Å². The van der Waals surface area contributed by atoms with Crippen LogP contribution in [0, 0.1) is 12.8 Å². The summed E-state index contributed by atoms with van der Waals surface area (Å²) < 4.78 is 0. The van der Waals surface area contributed by atoms with E-state index < -0.39 is 0 Å². The highest BCUT2D eigenvalue weighted by Crippen LogP contribution is 2.15. The molecule has 80 valence electrons. The minimum atomic E-state index is 0.613. The van der Waals surface area contributed by atoms with Crippen LogP contribution in [0.25, 0.3) is 0 Å². The molecule has 2 atom stereocenters. The van der Waals surface area contributed by atoms with E-state index in [0.717, 1.165) is 12.5 Å². The number of hydrogen-bond donors (Lipinski definition) is 1. The lowest BCUT2D eigenvalue weighted by Crippen LogP contribution is -2.30. The third-order valence-electron chi connectivity index (χ3n) is 2.89. The fourth-order valence-corrected chi connectivity index (χ4v) is 2.24. The van der Waals surface area contributed by atoms with Crippen molar-refractivity contribution in [3.8, 4) is 0 Å². The van der Waals surface area contributed by atoms with Crippen LogP contribution < -0.4 is 5.32 Å². The predicted molar refractivity (Wildman–Crippen MR) is 64.8 cm³/mol. The van der Waals surface area contributed by atoms with Gasteiger partial charge in [0.2, 0.25) is 0 Å². The molecule has 0 saturated heterocycles. The van der Waals surface area contributed by atoms with Gasteiger partial charge in [-0.05, 0) is 31.9 Å². The average molecular weight is 211 g/mol. The average Bonchev–Trinajstić information content (AvgIpc) is 2.59. The number of thiophene rings is 1. The largest absolute Gasteiger partial charge is 0.309 e. The molecule has 1 aromatic heterocycles. The van der Waals surface area contributed by atoms with Crippen molar-refractivity contribution in [3.63, 3.8) is 0 Å². The SMILES string of the molecule is CCC(C)C(C)NCc1ccc(C)s1. The highest BCUT2D eigenvalue weighted by molar-refractivity contribution is 7.11. The van der Waals surface area contributed by atoms with E-state index in [2.05, 4.69) is 45.1 Å². The number of rotatable bonds is 5. The maximum absolute atomic E-state index is 3.57. The summed E-state index contributed by atoms with van der Waals surface area (Å²) in [5, 5.41) is 3.57. The molecule has 1 heterocycles. The van der Waals surface area contributed by atoms with E-state index in [1.807, 2.05) is 11.3 Å². The molecule has 0 saturated carbocycles. The van der Waals surface area contributed by atoms with Gasteiger partial charge < -0.3 is 5.32 Å². The summed E-state index contributed by atoms with van der Waals surface area (Å²) >= 11 is 1.89. The van der Waals surface area contributed by atoms with Gasteiger partial charge in [-0.15, -0.1) is 11.3 Å². The van der Waals surface area contributed by atoms with Crippen molar-refractivity contribution >= 4 is 11.3 Å². The van der Waals surface area contributed by atoms with Crippen molar-refractivity contribution in [2.75, 3.05) is 0 Å². The van der Waals surface area contributed by atoms with E-state index in [0.29, 0.717) is 6.04 Å². The molecular formula is C12H21NS. The first-order valence-electron chi connectivity index (χ1n) is 5.42. The van der Waals surface area contributed by atoms with E-state index in [-0.39, 0.29) is 0 Å². The summed E-state index contributed by atoms with van der Waals surface area (Å²) in [6, 6.07) is 5.02. The molecule has 0 radical (unpaired) electrons. The first kappa shape index (κ1) is 11.7. The predicted octanol–water partition coefficient (Wildman–Crippen LogP) is 3.58. The van der Waals surface area contributed by atoms with Gasteiger partial charge in [0, 0.05) is 22.3 Å². The van der Waals surface area contributed by atoms with Crippen LogP contribution in [0.5, 0.6) is 0 Å². The molecule has 0 amide bonds. The molecule has 0 aliphatic heterocycles. The van der Waals surface area contributed by atoms with E-state index in [1.54, 1.807) is 0 Å². The molecule has 0 fully saturated rings. The number of hydrogen-bond acceptors (Lipinski definition) is 2. The lowest BCUT2D eigenvalue weighted by molar-refractivity contribution is 0.391. The summed E-state index contributed by atoms with van der Waals surface area (Å²) in [4.78, 5) is 2.84. The van der Waals surface area contributed by atoms with Gasteiger partial charge in [-0.25, -0.2) is 0 Å². The van der Waals surface area contributed by atoms with Gasteiger partial charge in [-0.2, -0.15) is 0 Å². The molecule has 1 rings (SSSR count). The maximum Gasteiger partial charge on any atom is 0.0302 e. The Kier molecular flexibility index (Phi) is 4.63. The molecule has 0 aliphatic carbocycles. The summed E-state index contributed by atoms with van der Waals surface area (Å²) in [5.41, 5.74) is 0. The van der Waals surface area contributed by atoms with Gasteiger partial charge in [-0.3, -0.25) is 0 Å². The topological polar surface area (TPSA) is 12.0 Å². The smallest absolute Gasteiger partial charge is 0.0302 e.